The standard InChI is InChI=1S/C13H8ClN3O3/c14-11-4-2-8(6-15-11)13-16-9-3-1-7(12(18)17-19)5-10(9)20-13/h1-6,19H,(H,17,18). The lowest BCUT2D eigenvalue weighted by molar-refractivity contribution is 0.0706. The zero-order valence-corrected chi connectivity index (χ0v) is 10.8. The molecule has 100 valence electrons. The van der Waals surface area contributed by atoms with Gasteiger partial charge >= 0.3 is 0 Å². The maximum Gasteiger partial charge on any atom is 0.274 e. The molecule has 0 unspecified atom stereocenters. The molecule has 0 fully saturated rings. The molecule has 7 heteroatoms. The van der Waals surface area contributed by atoms with Crippen molar-refractivity contribution in [3.8, 4) is 11.5 Å². The molecule has 3 aromatic rings. The number of hydrogen-bond acceptors (Lipinski definition) is 5. The minimum absolute atomic E-state index is 0.275. The number of fused-ring (bicyclic) bond motifs is 1. The van der Waals surface area contributed by atoms with Gasteiger partial charge < -0.3 is 4.42 Å². The third kappa shape index (κ3) is 2.22. The molecule has 0 bridgehead atoms. The van der Waals surface area contributed by atoms with Gasteiger partial charge in [-0.25, -0.2) is 15.4 Å². The quantitative estimate of drug-likeness (QED) is 0.430. The Labute approximate surface area is 118 Å². The van der Waals surface area contributed by atoms with Gasteiger partial charge in [-0.15, -0.1) is 0 Å². The Hall–Kier alpha value is -2.44. The molecule has 1 amide bonds. The molecule has 0 radical (unpaired) electrons. The largest absolute Gasteiger partial charge is 0.436 e. The lowest BCUT2D eigenvalue weighted by Crippen LogP contribution is -2.18. The number of pyridine rings is 1. The fraction of sp³-hybridized carbons (Fsp3) is 0. The van der Waals surface area contributed by atoms with Crippen molar-refractivity contribution in [3.63, 3.8) is 0 Å². The van der Waals surface area contributed by atoms with Crippen LogP contribution in [-0.4, -0.2) is 21.1 Å². The zero-order valence-electron chi connectivity index (χ0n) is 10.0. The van der Waals surface area contributed by atoms with Crippen molar-refractivity contribution in [1.29, 1.82) is 0 Å². The number of benzene rings is 1. The van der Waals surface area contributed by atoms with E-state index in [0.717, 1.165) is 0 Å². The van der Waals surface area contributed by atoms with Crippen LogP contribution in [-0.2, 0) is 0 Å². The van der Waals surface area contributed by atoms with Crippen LogP contribution in [0.25, 0.3) is 22.6 Å². The van der Waals surface area contributed by atoms with Gasteiger partial charge in [0.1, 0.15) is 10.7 Å². The first kappa shape index (κ1) is 12.6. The molecule has 0 atom stereocenters. The van der Waals surface area contributed by atoms with Gasteiger partial charge in [-0.05, 0) is 30.3 Å². The second kappa shape index (κ2) is 4.92. The summed E-state index contributed by atoms with van der Waals surface area (Å²) in [5.41, 5.74) is 3.56. The molecule has 2 aromatic heterocycles. The van der Waals surface area contributed by atoms with Crippen LogP contribution in [0.5, 0.6) is 0 Å². The predicted octanol–water partition coefficient (Wildman–Crippen LogP) is 2.66. The number of nitrogens with zero attached hydrogens (tertiary/aromatic N) is 2. The highest BCUT2D eigenvalue weighted by Gasteiger charge is 2.11. The Balaban J connectivity index is 2.06. The van der Waals surface area contributed by atoms with Crippen LogP contribution in [0.2, 0.25) is 5.15 Å². The second-order valence-electron chi connectivity index (χ2n) is 4.01. The minimum Gasteiger partial charge on any atom is -0.436 e. The first-order valence-electron chi connectivity index (χ1n) is 5.64. The van der Waals surface area contributed by atoms with Gasteiger partial charge in [-0.3, -0.25) is 10.0 Å². The monoisotopic (exact) mass is 289 g/mol. The summed E-state index contributed by atoms with van der Waals surface area (Å²) in [7, 11) is 0. The number of rotatable bonds is 2. The molecule has 0 saturated carbocycles. The number of aromatic nitrogens is 2. The van der Waals surface area contributed by atoms with E-state index in [2.05, 4.69) is 9.97 Å². The van der Waals surface area contributed by atoms with Crippen LogP contribution in [0.1, 0.15) is 10.4 Å². The van der Waals surface area contributed by atoms with Crippen molar-refractivity contribution in [3.05, 3.63) is 47.2 Å². The summed E-state index contributed by atoms with van der Waals surface area (Å²) in [6.45, 7) is 0. The summed E-state index contributed by atoms with van der Waals surface area (Å²) >= 11 is 5.72. The fourth-order valence-electron chi connectivity index (χ4n) is 1.76. The van der Waals surface area contributed by atoms with Crippen molar-refractivity contribution < 1.29 is 14.4 Å². The first-order chi connectivity index (χ1) is 9.67. The second-order valence-corrected chi connectivity index (χ2v) is 4.40. The number of oxazole rings is 1. The minimum atomic E-state index is -0.613. The van der Waals surface area contributed by atoms with E-state index in [1.54, 1.807) is 35.9 Å². The van der Waals surface area contributed by atoms with E-state index in [1.165, 1.54) is 6.07 Å². The van der Waals surface area contributed by atoms with Crippen LogP contribution >= 0.6 is 11.6 Å². The highest BCUT2D eigenvalue weighted by Crippen LogP contribution is 2.25. The van der Waals surface area contributed by atoms with Crippen molar-refractivity contribution >= 4 is 28.6 Å². The van der Waals surface area contributed by atoms with Gasteiger partial charge in [0.15, 0.2) is 5.58 Å². The van der Waals surface area contributed by atoms with E-state index in [-0.39, 0.29) is 5.56 Å². The maximum absolute atomic E-state index is 11.3. The summed E-state index contributed by atoms with van der Waals surface area (Å²) in [6.07, 6.45) is 1.55. The number of carbonyl (C=O) groups excluding carboxylic acids is 1. The Kier molecular flexibility index (Phi) is 3.09. The zero-order chi connectivity index (χ0) is 14.1. The molecule has 6 nitrogen and oxygen atoms in total. The SMILES string of the molecule is O=C(NO)c1ccc2nc(-c3ccc(Cl)nc3)oc2c1. The van der Waals surface area contributed by atoms with Crippen LogP contribution in [0.15, 0.2) is 40.9 Å². The molecule has 0 aliphatic rings. The maximum atomic E-state index is 11.3. The lowest BCUT2D eigenvalue weighted by Gasteiger charge is -1.96. The molecule has 20 heavy (non-hydrogen) atoms. The van der Waals surface area contributed by atoms with E-state index >= 15 is 0 Å². The molecule has 3 rings (SSSR count). The lowest BCUT2D eigenvalue weighted by atomic mass is 10.2. The van der Waals surface area contributed by atoms with E-state index in [9.17, 15) is 4.79 Å². The Morgan fingerprint density at radius 1 is 1.30 bits per heavy atom. The van der Waals surface area contributed by atoms with E-state index < -0.39 is 5.91 Å². The number of carbonyl (C=O) groups is 1. The van der Waals surface area contributed by atoms with Gasteiger partial charge in [0, 0.05) is 11.8 Å². The van der Waals surface area contributed by atoms with Crippen LogP contribution in [0.3, 0.4) is 0 Å². The van der Waals surface area contributed by atoms with Crippen LogP contribution in [0.4, 0.5) is 0 Å². The van der Waals surface area contributed by atoms with E-state index in [4.69, 9.17) is 21.2 Å². The number of amides is 1. The molecule has 2 N–H and O–H groups in total. The average molecular weight is 290 g/mol. The third-order valence-electron chi connectivity index (χ3n) is 2.73. The van der Waals surface area contributed by atoms with Gasteiger partial charge in [0.25, 0.3) is 5.91 Å². The molecule has 2 heterocycles. The third-order valence-corrected chi connectivity index (χ3v) is 2.95. The van der Waals surface area contributed by atoms with Crippen molar-refractivity contribution in [1.82, 2.24) is 15.4 Å². The van der Waals surface area contributed by atoms with Gasteiger partial charge in [0.05, 0.1) is 5.56 Å². The Morgan fingerprint density at radius 3 is 2.85 bits per heavy atom. The topological polar surface area (TPSA) is 88.2 Å². The number of nitrogens with one attached hydrogen (secondary N) is 1. The molecule has 0 aliphatic heterocycles. The average Bonchev–Trinajstić information content (AvgIpc) is 2.90. The molecule has 1 aromatic carbocycles. The van der Waals surface area contributed by atoms with Gasteiger partial charge in [-0.2, -0.15) is 0 Å². The molecular formula is C13H8ClN3O3. The summed E-state index contributed by atoms with van der Waals surface area (Å²) < 4.78 is 5.57. The highest BCUT2D eigenvalue weighted by atomic mass is 35.5. The highest BCUT2D eigenvalue weighted by molar-refractivity contribution is 6.29. The van der Waals surface area contributed by atoms with E-state index in [1.807, 2.05) is 0 Å². The normalized spacial score (nSPS) is 10.7. The number of hydroxylamine groups is 1. The summed E-state index contributed by atoms with van der Waals surface area (Å²) in [5, 5.41) is 8.98. The Morgan fingerprint density at radius 2 is 2.15 bits per heavy atom. The fourth-order valence-corrected chi connectivity index (χ4v) is 1.87. The van der Waals surface area contributed by atoms with E-state index in [0.29, 0.717) is 27.7 Å². The van der Waals surface area contributed by atoms with Crippen molar-refractivity contribution in [2.75, 3.05) is 0 Å². The summed E-state index contributed by atoms with van der Waals surface area (Å²) in [6, 6.07) is 8.05. The smallest absolute Gasteiger partial charge is 0.274 e. The number of hydrogen-bond donors (Lipinski definition) is 2. The number of halogens is 1. The van der Waals surface area contributed by atoms with Gasteiger partial charge in [-0.1, -0.05) is 11.6 Å². The molecule has 0 spiro atoms. The van der Waals surface area contributed by atoms with Crippen molar-refractivity contribution in [2.24, 2.45) is 0 Å². The summed E-state index contributed by atoms with van der Waals surface area (Å²) in [4.78, 5) is 19.6. The van der Waals surface area contributed by atoms with Crippen LogP contribution in [0, 0.1) is 0 Å². The van der Waals surface area contributed by atoms with Gasteiger partial charge in [0.2, 0.25) is 5.89 Å². The summed E-state index contributed by atoms with van der Waals surface area (Å²) in [5.74, 6) is -0.233. The molecule has 0 saturated heterocycles. The van der Waals surface area contributed by atoms with Crippen molar-refractivity contribution in [2.45, 2.75) is 0 Å². The first-order valence-corrected chi connectivity index (χ1v) is 6.02. The predicted molar refractivity (Wildman–Crippen MR) is 71.5 cm³/mol. The van der Waals surface area contributed by atoms with Crippen LogP contribution < -0.4 is 5.48 Å². The Bertz CT molecular complexity index is 783. The molecule has 0 aliphatic carbocycles. The molecular weight excluding hydrogens is 282 g/mol.